The monoisotopic (exact) mass is 211 g/mol. The predicted molar refractivity (Wildman–Crippen MR) is 57.8 cm³/mol. The number of aryl methyl sites for hydroxylation is 1. The predicted octanol–water partition coefficient (Wildman–Crippen LogP) is 1.20. The van der Waals surface area contributed by atoms with Crippen LogP contribution < -0.4 is 11.1 Å². The summed E-state index contributed by atoms with van der Waals surface area (Å²) in [6.45, 7) is 3.45. The van der Waals surface area contributed by atoms with Gasteiger partial charge in [-0.1, -0.05) is 5.16 Å². The molecule has 1 aromatic heterocycles. The molecule has 0 amide bonds. The highest BCUT2D eigenvalue weighted by Gasteiger charge is 1.98. The van der Waals surface area contributed by atoms with Crippen molar-refractivity contribution in [3.8, 4) is 0 Å². The molecule has 0 bridgehead atoms. The lowest BCUT2D eigenvalue weighted by Crippen LogP contribution is -2.18. The molecule has 84 valence electrons. The van der Waals surface area contributed by atoms with Crippen molar-refractivity contribution in [2.24, 2.45) is 10.9 Å². The number of nitrogens with two attached hydrogens (primary N) is 1. The standard InChI is InChI=1S/C10H17N3O2/c1-8-4-5-9(15-8)7-12-6-2-3-10(11)13-14/h4-5,12,14H,2-3,6-7H2,1H3,(H2,11,13). The van der Waals surface area contributed by atoms with E-state index >= 15 is 0 Å². The highest BCUT2D eigenvalue weighted by molar-refractivity contribution is 5.79. The number of oxime groups is 1. The van der Waals surface area contributed by atoms with Crippen LogP contribution in [0.2, 0.25) is 0 Å². The SMILES string of the molecule is Cc1ccc(CNCCCC(N)=NO)o1. The molecule has 0 atom stereocenters. The second-order valence-electron chi connectivity index (χ2n) is 3.38. The number of hydrogen-bond acceptors (Lipinski definition) is 4. The summed E-state index contributed by atoms with van der Waals surface area (Å²) in [6.07, 6.45) is 1.44. The van der Waals surface area contributed by atoms with Gasteiger partial charge in [0.05, 0.1) is 6.54 Å². The van der Waals surface area contributed by atoms with Crippen molar-refractivity contribution in [1.82, 2.24) is 5.32 Å². The molecule has 0 fully saturated rings. The summed E-state index contributed by atoms with van der Waals surface area (Å²) < 4.78 is 5.38. The Balaban J connectivity index is 2.07. The fraction of sp³-hybridized carbons (Fsp3) is 0.500. The number of furan rings is 1. The topological polar surface area (TPSA) is 83.8 Å². The van der Waals surface area contributed by atoms with Crippen LogP contribution in [0.25, 0.3) is 0 Å². The van der Waals surface area contributed by atoms with Gasteiger partial charge in [-0.25, -0.2) is 0 Å². The van der Waals surface area contributed by atoms with Gasteiger partial charge in [0.15, 0.2) is 0 Å². The highest BCUT2D eigenvalue weighted by atomic mass is 16.4. The second kappa shape index (κ2) is 6.08. The van der Waals surface area contributed by atoms with E-state index in [4.69, 9.17) is 15.4 Å². The van der Waals surface area contributed by atoms with Gasteiger partial charge >= 0.3 is 0 Å². The molecule has 1 heterocycles. The number of hydrogen-bond donors (Lipinski definition) is 3. The minimum atomic E-state index is 0.269. The van der Waals surface area contributed by atoms with Crippen LogP contribution in [0.15, 0.2) is 21.7 Å². The first-order valence-electron chi connectivity index (χ1n) is 4.95. The quantitative estimate of drug-likeness (QED) is 0.217. The van der Waals surface area contributed by atoms with Crippen LogP contribution in [0.1, 0.15) is 24.4 Å². The zero-order valence-corrected chi connectivity index (χ0v) is 8.86. The second-order valence-corrected chi connectivity index (χ2v) is 3.38. The van der Waals surface area contributed by atoms with E-state index in [1.54, 1.807) is 0 Å². The molecule has 1 rings (SSSR count). The van der Waals surface area contributed by atoms with Gasteiger partial charge in [-0.05, 0) is 32.0 Å². The normalized spacial score (nSPS) is 11.9. The van der Waals surface area contributed by atoms with Crippen LogP contribution in [-0.2, 0) is 6.54 Å². The van der Waals surface area contributed by atoms with E-state index in [0.29, 0.717) is 13.0 Å². The Morgan fingerprint density at radius 3 is 3.00 bits per heavy atom. The summed E-state index contributed by atoms with van der Waals surface area (Å²) in [6, 6.07) is 3.89. The molecule has 0 unspecified atom stereocenters. The molecule has 0 spiro atoms. The number of nitrogens with zero attached hydrogens (tertiary/aromatic N) is 1. The fourth-order valence-electron chi connectivity index (χ4n) is 1.24. The Labute approximate surface area is 88.9 Å². The average Bonchev–Trinajstić information content (AvgIpc) is 2.63. The van der Waals surface area contributed by atoms with Crippen molar-refractivity contribution in [2.45, 2.75) is 26.3 Å². The summed E-state index contributed by atoms with van der Waals surface area (Å²) in [5.41, 5.74) is 5.32. The number of rotatable bonds is 6. The van der Waals surface area contributed by atoms with E-state index in [-0.39, 0.29) is 5.84 Å². The molecular formula is C10H17N3O2. The molecule has 1 aromatic rings. The van der Waals surface area contributed by atoms with Gasteiger partial charge in [-0.15, -0.1) is 0 Å². The maximum atomic E-state index is 8.30. The van der Waals surface area contributed by atoms with Gasteiger partial charge in [-0.3, -0.25) is 0 Å². The van der Waals surface area contributed by atoms with Crippen LogP contribution in [0.3, 0.4) is 0 Å². The van der Waals surface area contributed by atoms with Crippen molar-refractivity contribution >= 4 is 5.84 Å². The van der Waals surface area contributed by atoms with Crippen LogP contribution in [-0.4, -0.2) is 17.6 Å². The van der Waals surface area contributed by atoms with Crippen molar-refractivity contribution < 1.29 is 9.62 Å². The molecule has 0 aliphatic carbocycles. The maximum Gasteiger partial charge on any atom is 0.139 e. The van der Waals surface area contributed by atoms with Crippen molar-refractivity contribution in [3.63, 3.8) is 0 Å². The molecule has 0 radical (unpaired) electrons. The number of amidine groups is 1. The molecule has 4 N–H and O–H groups in total. The molecule has 0 aromatic carbocycles. The summed E-state index contributed by atoms with van der Waals surface area (Å²) in [5.74, 6) is 2.12. The Morgan fingerprint density at radius 1 is 1.60 bits per heavy atom. The largest absolute Gasteiger partial charge is 0.465 e. The minimum absolute atomic E-state index is 0.269. The van der Waals surface area contributed by atoms with Crippen LogP contribution in [0.4, 0.5) is 0 Å². The molecule has 0 aliphatic rings. The Bertz CT molecular complexity index is 320. The first-order chi connectivity index (χ1) is 7.22. The number of nitrogens with one attached hydrogen (secondary N) is 1. The minimum Gasteiger partial charge on any atom is -0.465 e. The lowest BCUT2D eigenvalue weighted by molar-refractivity contribution is 0.316. The third kappa shape index (κ3) is 4.51. The van der Waals surface area contributed by atoms with Crippen molar-refractivity contribution in [1.29, 1.82) is 0 Å². The summed E-state index contributed by atoms with van der Waals surface area (Å²) in [7, 11) is 0. The smallest absolute Gasteiger partial charge is 0.139 e. The van der Waals surface area contributed by atoms with Gasteiger partial charge in [0.25, 0.3) is 0 Å². The van der Waals surface area contributed by atoms with E-state index < -0.39 is 0 Å². The van der Waals surface area contributed by atoms with Crippen molar-refractivity contribution in [3.05, 3.63) is 23.7 Å². The Hall–Kier alpha value is -1.49. The van der Waals surface area contributed by atoms with Gasteiger partial charge in [0.2, 0.25) is 0 Å². The van der Waals surface area contributed by atoms with Gasteiger partial charge in [-0.2, -0.15) is 0 Å². The first kappa shape index (κ1) is 11.6. The van der Waals surface area contributed by atoms with Crippen LogP contribution in [0, 0.1) is 6.92 Å². The molecular weight excluding hydrogens is 194 g/mol. The zero-order chi connectivity index (χ0) is 11.1. The Morgan fingerprint density at radius 2 is 2.40 bits per heavy atom. The van der Waals surface area contributed by atoms with E-state index in [0.717, 1.165) is 24.5 Å². The van der Waals surface area contributed by atoms with E-state index in [9.17, 15) is 0 Å². The zero-order valence-electron chi connectivity index (χ0n) is 8.86. The highest BCUT2D eigenvalue weighted by Crippen LogP contribution is 2.05. The summed E-state index contributed by atoms with van der Waals surface area (Å²) >= 11 is 0. The fourth-order valence-corrected chi connectivity index (χ4v) is 1.24. The third-order valence-corrected chi connectivity index (χ3v) is 2.01. The summed E-state index contributed by atoms with van der Waals surface area (Å²) in [4.78, 5) is 0. The lowest BCUT2D eigenvalue weighted by atomic mass is 10.3. The molecule has 5 nitrogen and oxygen atoms in total. The van der Waals surface area contributed by atoms with Crippen LogP contribution >= 0.6 is 0 Å². The van der Waals surface area contributed by atoms with Gasteiger partial charge in [0.1, 0.15) is 17.4 Å². The van der Waals surface area contributed by atoms with Gasteiger partial charge < -0.3 is 20.7 Å². The van der Waals surface area contributed by atoms with Gasteiger partial charge in [0, 0.05) is 6.42 Å². The summed E-state index contributed by atoms with van der Waals surface area (Å²) in [5, 5.41) is 14.4. The first-order valence-corrected chi connectivity index (χ1v) is 4.95. The van der Waals surface area contributed by atoms with Crippen LogP contribution in [0.5, 0.6) is 0 Å². The molecule has 0 aliphatic heterocycles. The van der Waals surface area contributed by atoms with Crippen molar-refractivity contribution in [2.75, 3.05) is 6.54 Å². The molecule has 0 saturated carbocycles. The average molecular weight is 211 g/mol. The third-order valence-electron chi connectivity index (χ3n) is 2.01. The lowest BCUT2D eigenvalue weighted by Gasteiger charge is -2.01. The molecule has 5 heteroatoms. The molecule has 15 heavy (non-hydrogen) atoms. The Kier molecular flexibility index (Phi) is 4.70. The maximum absolute atomic E-state index is 8.30. The van der Waals surface area contributed by atoms with E-state index in [1.807, 2.05) is 19.1 Å². The molecule has 0 saturated heterocycles. The van der Waals surface area contributed by atoms with E-state index in [2.05, 4.69) is 10.5 Å². The van der Waals surface area contributed by atoms with E-state index in [1.165, 1.54) is 0 Å².